The molecule has 0 aliphatic rings. The zero-order valence-corrected chi connectivity index (χ0v) is 13.8. The van der Waals surface area contributed by atoms with Crippen molar-refractivity contribution in [3.05, 3.63) is 65.2 Å². The lowest BCUT2D eigenvalue weighted by Crippen LogP contribution is -2.07. The average molecular weight is 328 g/mol. The highest BCUT2D eigenvalue weighted by molar-refractivity contribution is 5.98. The summed E-state index contributed by atoms with van der Waals surface area (Å²) in [6.07, 6.45) is 0.247. The van der Waals surface area contributed by atoms with Crippen molar-refractivity contribution in [1.29, 1.82) is 0 Å². The first-order valence-corrected chi connectivity index (χ1v) is 7.65. The average Bonchev–Trinajstić information content (AvgIpc) is 2.61. The van der Waals surface area contributed by atoms with Crippen molar-refractivity contribution in [3.8, 4) is 5.75 Å². The van der Waals surface area contributed by atoms with Gasteiger partial charge in [-0.3, -0.25) is 4.79 Å². The van der Waals surface area contributed by atoms with Crippen LogP contribution in [0.5, 0.6) is 5.75 Å². The molecule has 0 radical (unpaired) electrons. The molecule has 0 bridgehead atoms. The van der Waals surface area contributed by atoms with E-state index in [4.69, 9.17) is 14.2 Å². The van der Waals surface area contributed by atoms with Crippen LogP contribution in [0, 0.1) is 0 Å². The van der Waals surface area contributed by atoms with E-state index in [0.717, 1.165) is 5.56 Å². The van der Waals surface area contributed by atoms with E-state index in [-0.39, 0.29) is 25.0 Å². The molecule has 0 heterocycles. The molecule has 0 saturated carbocycles. The van der Waals surface area contributed by atoms with E-state index in [2.05, 4.69) is 0 Å². The fourth-order valence-corrected chi connectivity index (χ4v) is 2.15. The van der Waals surface area contributed by atoms with Gasteiger partial charge in [0.25, 0.3) is 0 Å². The summed E-state index contributed by atoms with van der Waals surface area (Å²) in [4.78, 5) is 24.0. The van der Waals surface area contributed by atoms with Gasteiger partial charge in [0.2, 0.25) is 0 Å². The summed E-state index contributed by atoms with van der Waals surface area (Å²) in [5, 5.41) is 0. The smallest absolute Gasteiger partial charge is 0.338 e. The first kappa shape index (κ1) is 17.7. The quantitative estimate of drug-likeness (QED) is 0.423. The van der Waals surface area contributed by atoms with Crippen LogP contribution in [0.15, 0.2) is 48.5 Å². The fraction of sp³-hybridized carbons (Fsp3) is 0.263. The van der Waals surface area contributed by atoms with Crippen LogP contribution in [0.2, 0.25) is 0 Å². The Balaban J connectivity index is 2.02. The molecule has 0 atom stereocenters. The molecule has 0 fully saturated rings. The third-order valence-electron chi connectivity index (χ3n) is 3.33. The number of hydrogen-bond acceptors (Lipinski definition) is 5. The zero-order chi connectivity index (χ0) is 17.4. The maximum absolute atomic E-state index is 12.4. The van der Waals surface area contributed by atoms with Crippen molar-refractivity contribution in [2.24, 2.45) is 0 Å². The molecule has 5 heteroatoms. The van der Waals surface area contributed by atoms with Crippen molar-refractivity contribution >= 4 is 11.8 Å². The third-order valence-corrected chi connectivity index (χ3v) is 3.33. The molecule has 0 aliphatic carbocycles. The highest BCUT2D eigenvalue weighted by Crippen LogP contribution is 2.16. The lowest BCUT2D eigenvalue weighted by atomic mass is 10.0. The number of Topliss-reactive ketones (excluding diaryl/α,β-unsaturated/α-hetero) is 1. The Morgan fingerprint density at radius 1 is 1.00 bits per heavy atom. The highest BCUT2D eigenvalue weighted by atomic mass is 16.7. The fourth-order valence-electron chi connectivity index (χ4n) is 2.15. The third kappa shape index (κ3) is 4.93. The predicted octanol–water partition coefficient (Wildman–Crippen LogP) is 3.27. The maximum Gasteiger partial charge on any atom is 0.338 e. The number of ketones is 1. The van der Waals surface area contributed by atoms with Gasteiger partial charge in [-0.15, -0.1) is 0 Å². The van der Waals surface area contributed by atoms with Gasteiger partial charge < -0.3 is 14.2 Å². The first-order chi connectivity index (χ1) is 11.6. The molecule has 5 nitrogen and oxygen atoms in total. The summed E-state index contributed by atoms with van der Waals surface area (Å²) < 4.78 is 15.1. The van der Waals surface area contributed by atoms with Crippen molar-refractivity contribution in [3.63, 3.8) is 0 Å². The Morgan fingerprint density at radius 2 is 1.75 bits per heavy atom. The lowest BCUT2D eigenvalue weighted by Gasteiger charge is -2.07. The molecule has 0 amide bonds. The minimum Gasteiger partial charge on any atom is -0.468 e. The Bertz CT molecular complexity index is 691. The zero-order valence-electron chi connectivity index (χ0n) is 13.8. The van der Waals surface area contributed by atoms with Gasteiger partial charge in [0, 0.05) is 19.1 Å². The predicted molar refractivity (Wildman–Crippen MR) is 89.4 cm³/mol. The molecule has 2 aromatic carbocycles. The number of carbonyl (C=O) groups excluding carboxylic acids is 2. The minimum absolute atomic E-state index is 0.0262. The summed E-state index contributed by atoms with van der Waals surface area (Å²) in [6, 6.07) is 13.8. The second-order valence-electron chi connectivity index (χ2n) is 5.10. The van der Waals surface area contributed by atoms with E-state index in [9.17, 15) is 9.59 Å². The second-order valence-corrected chi connectivity index (χ2v) is 5.10. The van der Waals surface area contributed by atoms with Gasteiger partial charge in [-0.2, -0.15) is 0 Å². The van der Waals surface area contributed by atoms with Crippen LogP contribution in [0.25, 0.3) is 0 Å². The van der Waals surface area contributed by atoms with E-state index in [1.54, 1.807) is 55.5 Å². The normalized spacial score (nSPS) is 10.2. The largest absolute Gasteiger partial charge is 0.468 e. The van der Waals surface area contributed by atoms with Crippen LogP contribution >= 0.6 is 0 Å². The van der Waals surface area contributed by atoms with Gasteiger partial charge >= 0.3 is 5.97 Å². The van der Waals surface area contributed by atoms with E-state index in [0.29, 0.717) is 23.5 Å². The van der Waals surface area contributed by atoms with Crippen LogP contribution in [0.3, 0.4) is 0 Å². The Morgan fingerprint density at radius 3 is 2.42 bits per heavy atom. The van der Waals surface area contributed by atoms with Crippen molar-refractivity contribution < 1.29 is 23.8 Å². The number of ether oxygens (including phenoxy) is 3. The molecule has 2 aromatic rings. The molecular formula is C19H20O5. The molecule has 0 unspecified atom stereocenters. The number of esters is 1. The topological polar surface area (TPSA) is 61.8 Å². The standard InChI is InChI=1S/C19H20O5/c1-3-23-19(21)15-9-7-14(8-10-15)11-18(20)16-5-4-6-17(12-16)24-13-22-2/h4-10,12H,3,11,13H2,1-2H3. The number of carbonyl (C=O) groups is 2. The van der Waals surface area contributed by atoms with Crippen LogP contribution in [-0.2, 0) is 15.9 Å². The van der Waals surface area contributed by atoms with Crippen molar-refractivity contribution in [1.82, 2.24) is 0 Å². The first-order valence-electron chi connectivity index (χ1n) is 7.65. The maximum atomic E-state index is 12.4. The summed E-state index contributed by atoms with van der Waals surface area (Å²) in [5.41, 5.74) is 1.87. The molecule has 0 saturated heterocycles. The molecular weight excluding hydrogens is 308 g/mol. The van der Waals surface area contributed by atoms with Gasteiger partial charge in [-0.05, 0) is 36.8 Å². The molecule has 0 aliphatic heterocycles. The van der Waals surface area contributed by atoms with E-state index < -0.39 is 0 Å². The lowest BCUT2D eigenvalue weighted by molar-refractivity contribution is 0.0509. The van der Waals surface area contributed by atoms with E-state index >= 15 is 0 Å². The van der Waals surface area contributed by atoms with Crippen LogP contribution in [0.1, 0.15) is 33.2 Å². The molecule has 2 rings (SSSR count). The van der Waals surface area contributed by atoms with Crippen molar-refractivity contribution in [2.45, 2.75) is 13.3 Å². The minimum atomic E-state index is -0.363. The summed E-state index contributed by atoms with van der Waals surface area (Å²) >= 11 is 0. The van der Waals surface area contributed by atoms with Crippen LogP contribution in [0.4, 0.5) is 0 Å². The molecule has 0 aromatic heterocycles. The van der Waals surface area contributed by atoms with E-state index in [1.165, 1.54) is 7.11 Å². The van der Waals surface area contributed by atoms with Crippen LogP contribution in [-0.4, -0.2) is 32.3 Å². The van der Waals surface area contributed by atoms with Gasteiger partial charge in [-0.1, -0.05) is 24.3 Å². The van der Waals surface area contributed by atoms with Crippen molar-refractivity contribution in [2.75, 3.05) is 20.5 Å². The molecule has 126 valence electrons. The van der Waals surface area contributed by atoms with Gasteiger partial charge in [0.15, 0.2) is 12.6 Å². The van der Waals surface area contributed by atoms with Gasteiger partial charge in [-0.25, -0.2) is 4.79 Å². The number of rotatable bonds is 8. The summed E-state index contributed by atoms with van der Waals surface area (Å²) in [6.45, 7) is 2.23. The number of methoxy groups -OCH3 is 1. The Hall–Kier alpha value is -2.66. The van der Waals surface area contributed by atoms with Crippen LogP contribution < -0.4 is 4.74 Å². The monoisotopic (exact) mass is 328 g/mol. The molecule has 24 heavy (non-hydrogen) atoms. The molecule has 0 N–H and O–H groups in total. The summed E-state index contributed by atoms with van der Waals surface area (Å²) in [7, 11) is 1.54. The van der Waals surface area contributed by atoms with E-state index in [1.807, 2.05) is 0 Å². The Kier molecular flexibility index (Phi) is 6.51. The second kappa shape index (κ2) is 8.84. The molecule has 0 spiro atoms. The highest BCUT2D eigenvalue weighted by Gasteiger charge is 2.10. The van der Waals surface area contributed by atoms with Gasteiger partial charge in [0.1, 0.15) is 5.75 Å². The number of hydrogen-bond donors (Lipinski definition) is 0. The van der Waals surface area contributed by atoms with Gasteiger partial charge in [0.05, 0.1) is 12.2 Å². The summed E-state index contributed by atoms with van der Waals surface area (Å²) in [5.74, 6) is 0.195. The SMILES string of the molecule is CCOC(=O)c1ccc(CC(=O)c2cccc(OCOC)c2)cc1. The number of benzene rings is 2. The Labute approximate surface area is 141 Å².